The van der Waals surface area contributed by atoms with Gasteiger partial charge in [0.1, 0.15) is 5.82 Å². The van der Waals surface area contributed by atoms with Crippen LogP contribution in [0, 0.1) is 5.82 Å². The zero-order valence-corrected chi connectivity index (χ0v) is 12.5. The minimum absolute atomic E-state index is 0.126. The molecule has 6 heteroatoms. The van der Waals surface area contributed by atoms with Gasteiger partial charge in [-0.3, -0.25) is 0 Å². The van der Waals surface area contributed by atoms with Gasteiger partial charge in [-0.15, -0.1) is 0 Å². The van der Waals surface area contributed by atoms with Gasteiger partial charge in [0, 0.05) is 18.8 Å². The number of hydrogen-bond donors (Lipinski definition) is 1. The molecule has 0 radical (unpaired) electrons. The van der Waals surface area contributed by atoms with Crippen molar-refractivity contribution >= 4 is 15.7 Å². The van der Waals surface area contributed by atoms with Crippen LogP contribution in [0.3, 0.4) is 0 Å². The van der Waals surface area contributed by atoms with Crippen LogP contribution in [-0.4, -0.2) is 19.3 Å². The number of sulfonamides is 1. The van der Waals surface area contributed by atoms with E-state index in [1.54, 1.807) is 31.2 Å². The number of anilines is 1. The molecule has 0 spiro atoms. The number of nitrogens with two attached hydrogens (primary N) is 1. The summed E-state index contributed by atoms with van der Waals surface area (Å²) in [5.41, 5.74) is 6.68. The molecule has 112 valence electrons. The Morgan fingerprint density at radius 2 is 1.81 bits per heavy atom. The van der Waals surface area contributed by atoms with Crippen LogP contribution in [0.2, 0.25) is 0 Å². The monoisotopic (exact) mass is 308 g/mol. The van der Waals surface area contributed by atoms with Crippen molar-refractivity contribution in [1.82, 2.24) is 4.31 Å². The number of benzene rings is 2. The lowest BCUT2D eigenvalue weighted by Gasteiger charge is -2.20. The first-order valence-electron chi connectivity index (χ1n) is 6.53. The van der Waals surface area contributed by atoms with Crippen molar-refractivity contribution in [3.05, 3.63) is 59.9 Å². The topological polar surface area (TPSA) is 63.4 Å². The molecule has 0 bridgehead atoms. The quantitative estimate of drug-likeness (QED) is 0.864. The van der Waals surface area contributed by atoms with E-state index in [0.29, 0.717) is 17.8 Å². The Hall–Kier alpha value is -1.92. The van der Waals surface area contributed by atoms with Crippen LogP contribution in [0.4, 0.5) is 10.1 Å². The van der Waals surface area contributed by atoms with Gasteiger partial charge in [-0.25, -0.2) is 12.8 Å². The maximum absolute atomic E-state index is 13.2. The Balaban J connectivity index is 2.29. The first-order chi connectivity index (χ1) is 9.93. The standard InChI is InChI=1S/C15H17FN2O2S/c1-2-18(11-12-4-3-5-13(16)10-12)21(19,20)15-8-6-14(17)7-9-15/h3-10H,2,11,17H2,1H3. The van der Waals surface area contributed by atoms with Gasteiger partial charge in [0.15, 0.2) is 0 Å². The molecule has 0 amide bonds. The van der Waals surface area contributed by atoms with Crippen LogP contribution in [0.1, 0.15) is 12.5 Å². The summed E-state index contributed by atoms with van der Waals surface area (Å²) in [5.74, 6) is -0.381. The van der Waals surface area contributed by atoms with E-state index in [0.717, 1.165) is 0 Å². The summed E-state index contributed by atoms with van der Waals surface area (Å²) in [6, 6.07) is 12.0. The van der Waals surface area contributed by atoms with E-state index >= 15 is 0 Å². The smallest absolute Gasteiger partial charge is 0.243 e. The predicted molar refractivity (Wildman–Crippen MR) is 80.5 cm³/mol. The van der Waals surface area contributed by atoms with Gasteiger partial charge in [-0.1, -0.05) is 19.1 Å². The van der Waals surface area contributed by atoms with Gasteiger partial charge in [0.2, 0.25) is 10.0 Å². The fraction of sp³-hybridized carbons (Fsp3) is 0.200. The van der Waals surface area contributed by atoms with Crippen molar-refractivity contribution < 1.29 is 12.8 Å². The molecule has 21 heavy (non-hydrogen) atoms. The normalized spacial score (nSPS) is 11.8. The molecule has 4 nitrogen and oxygen atoms in total. The van der Waals surface area contributed by atoms with Gasteiger partial charge in [0.05, 0.1) is 4.90 Å². The summed E-state index contributed by atoms with van der Waals surface area (Å²) in [7, 11) is -3.62. The Labute approximate surface area is 124 Å². The summed E-state index contributed by atoms with van der Waals surface area (Å²) in [4.78, 5) is 0.176. The minimum atomic E-state index is -3.62. The molecule has 2 rings (SSSR count). The van der Waals surface area contributed by atoms with E-state index in [-0.39, 0.29) is 17.3 Å². The zero-order chi connectivity index (χ0) is 15.5. The third kappa shape index (κ3) is 3.59. The highest BCUT2D eigenvalue weighted by atomic mass is 32.2. The van der Waals surface area contributed by atoms with Gasteiger partial charge in [-0.2, -0.15) is 4.31 Å². The lowest BCUT2D eigenvalue weighted by atomic mass is 10.2. The highest BCUT2D eigenvalue weighted by Gasteiger charge is 2.23. The molecule has 0 aliphatic heterocycles. The van der Waals surface area contributed by atoms with Crippen LogP contribution in [-0.2, 0) is 16.6 Å². The average Bonchev–Trinajstić information content (AvgIpc) is 2.45. The maximum Gasteiger partial charge on any atom is 0.243 e. The molecule has 0 aliphatic rings. The van der Waals surface area contributed by atoms with E-state index in [9.17, 15) is 12.8 Å². The molecule has 2 aromatic rings. The van der Waals surface area contributed by atoms with Gasteiger partial charge in [0.25, 0.3) is 0 Å². The summed E-state index contributed by atoms with van der Waals surface area (Å²) in [6.45, 7) is 2.17. The van der Waals surface area contributed by atoms with Crippen molar-refractivity contribution in [2.45, 2.75) is 18.4 Å². The molecule has 0 aliphatic carbocycles. The lowest BCUT2D eigenvalue weighted by Crippen LogP contribution is -2.30. The van der Waals surface area contributed by atoms with Gasteiger partial charge < -0.3 is 5.73 Å². The zero-order valence-electron chi connectivity index (χ0n) is 11.7. The van der Waals surface area contributed by atoms with E-state index < -0.39 is 10.0 Å². The summed E-state index contributed by atoms with van der Waals surface area (Å²) in [5, 5.41) is 0. The second-order valence-corrected chi connectivity index (χ2v) is 6.57. The number of halogens is 1. The fourth-order valence-corrected chi connectivity index (χ4v) is 3.43. The molecule has 0 atom stereocenters. The molecule has 0 saturated heterocycles. The fourth-order valence-electron chi connectivity index (χ4n) is 1.99. The molecule has 0 unspecified atom stereocenters. The lowest BCUT2D eigenvalue weighted by molar-refractivity contribution is 0.422. The Kier molecular flexibility index (Phi) is 4.59. The van der Waals surface area contributed by atoms with E-state index in [2.05, 4.69) is 0 Å². The summed E-state index contributed by atoms with van der Waals surface area (Å²) < 4.78 is 39.6. The number of rotatable bonds is 5. The van der Waals surface area contributed by atoms with Crippen LogP contribution in [0.25, 0.3) is 0 Å². The third-order valence-electron chi connectivity index (χ3n) is 3.12. The molecule has 0 fully saturated rings. The van der Waals surface area contributed by atoms with E-state index in [1.165, 1.54) is 28.6 Å². The second-order valence-electron chi connectivity index (χ2n) is 4.63. The van der Waals surface area contributed by atoms with Crippen LogP contribution in [0.5, 0.6) is 0 Å². The van der Waals surface area contributed by atoms with Gasteiger partial charge in [-0.05, 0) is 42.0 Å². The first kappa shape index (κ1) is 15.5. The van der Waals surface area contributed by atoms with Crippen molar-refractivity contribution in [3.8, 4) is 0 Å². The number of hydrogen-bond acceptors (Lipinski definition) is 3. The van der Waals surface area contributed by atoms with Gasteiger partial charge >= 0.3 is 0 Å². The van der Waals surface area contributed by atoms with Crippen molar-refractivity contribution in [3.63, 3.8) is 0 Å². The van der Waals surface area contributed by atoms with Crippen molar-refractivity contribution in [1.29, 1.82) is 0 Å². The van der Waals surface area contributed by atoms with Crippen LogP contribution >= 0.6 is 0 Å². The Morgan fingerprint density at radius 1 is 1.14 bits per heavy atom. The molecule has 0 heterocycles. The Morgan fingerprint density at radius 3 is 2.38 bits per heavy atom. The highest BCUT2D eigenvalue weighted by molar-refractivity contribution is 7.89. The molecular weight excluding hydrogens is 291 g/mol. The number of nitrogen functional groups attached to an aromatic ring is 1. The second kappa shape index (κ2) is 6.24. The molecule has 0 saturated carbocycles. The molecule has 2 aromatic carbocycles. The van der Waals surface area contributed by atoms with Crippen molar-refractivity contribution in [2.24, 2.45) is 0 Å². The van der Waals surface area contributed by atoms with Crippen LogP contribution < -0.4 is 5.73 Å². The first-order valence-corrected chi connectivity index (χ1v) is 7.97. The summed E-state index contributed by atoms with van der Waals surface area (Å²) >= 11 is 0. The predicted octanol–water partition coefficient (Wildman–Crippen LogP) is 2.62. The number of nitrogens with zero attached hydrogens (tertiary/aromatic N) is 1. The van der Waals surface area contributed by atoms with E-state index in [4.69, 9.17) is 5.73 Å². The molecular formula is C15H17FN2O2S. The van der Waals surface area contributed by atoms with Crippen molar-refractivity contribution in [2.75, 3.05) is 12.3 Å². The largest absolute Gasteiger partial charge is 0.399 e. The SMILES string of the molecule is CCN(Cc1cccc(F)c1)S(=O)(=O)c1ccc(N)cc1. The maximum atomic E-state index is 13.2. The molecule has 0 aromatic heterocycles. The minimum Gasteiger partial charge on any atom is -0.399 e. The van der Waals surface area contributed by atoms with Crippen LogP contribution in [0.15, 0.2) is 53.4 Å². The highest BCUT2D eigenvalue weighted by Crippen LogP contribution is 2.19. The average molecular weight is 308 g/mol. The molecule has 2 N–H and O–H groups in total. The summed E-state index contributed by atoms with van der Waals surface area (Å²) in [6.07, 6.45) is 0. The third-order valence-corrected chi connectivity index (χ3v) is 5.05. The Bertz CT molecular complexity index is 715. The van der Waals surface area contributed by atoms with E-state index in [1.807, 2.05) is 0 Å².